The fourth-order valence-corrected chi connectivity index (χ4v) is 1.40. The number of hydrogen-bond donors (Lipinski definition) is 0. The van der Waals surface area contributed by atoms with Crippen molar-refractivity contribution in [1.29, 1.82) is 5.26 Å². The van der Waals surface area contributed by atoms with Crippen molar-refractivity contribution in [3.63, 3.8) is 0 Å². The molecule has 3 nitrogen and oxygen atoms in total. The molecule has 0 atom stereocenters. The van der Waals surface area contributed by atoms with Gasteiger partial charge in [-0.25, -0.2) is 0 Å². The Morgan fingerprint density at radius 2 is 2.17 bits per heavy atom. The van der Waals surface area contributed by atoms with Crippen molar-refractivity contribution >= 4 is 0 Å². The molecular weight excluding hydrogens is 152 g/mol. The summed E-state index contributed by atoms with van der Waals surface area (Å²) in [4.78, 5) is 2.25. The molecule has 0 unspecified atom stereocenters. The van der Waals surface area contributed by atoms with Gasteiger partial charge in [-0.05, 0) is 13.8 Å². The second-order valence-electron chi connectivity index (χ2n) is 4.05. The molecule has 1 heterocycles. The smallest absolute Gasteiger partial charge is 0.0824 e. The fraction of sp³-hybridized carbons (Fsp3) is 0.889. The van der Waals surface area contributed by atoms with E-state index in [0.29, 0.717) is 6.10 Å². The monoisotopic (exact) mass is 168 g/mol. The largest absolute Gasteiger partial charge is 0.379 e. The average Bonchev–Trinajstić information content (AvgIpc) is 1.96. The van der Waals surface area contributed by atoms with Crippen LogP contribution < -0.4 is 0 Å². The molecule has 0 radical (unpaired) electrons. The Kier molecular flexibility index (Phi) is 2.71. The quantitative estimate of drug-likeness (QED) is 0.627. The van der Waals surface area contributed by atoms with Crippen molar-refractivity contribution in [3.05, 3.63) is 0 Å². The molecule has 1 aliphatic rings. The number of nitrogens with zero attached hydrogens (tertiary/aromatic N) is 2. The van der Waals surface area contributed by atoms with E-state index in [0.717, 1.165) is 19.6 Å². The number of rotatable bonds is 3. The van der Waals surface area contributed by atoms with Gasteiger partial charge in [0.15, 0.2) is 0 Å². The van der Waals surface area contributed by atoms with Gasteiger partial charge in [-0.1, -0.05) is 0 Å². The van der Waals surface area contributed by atoms with Gasteiger partial charge in [0.1, 0.15) is 0 Å². The van der Waals surface area contributed by atoms with E-state index in [2.05, 4.69) is 11.0 Å². The maximum Gasteiger partial charge on any atom is 0.0824 e. The van der Waals surface area contributed by atoms with Crippen LogP contribution >= 0.6 is 0 Å². The van der Waals surface area contributed by atoms with Crippen LogP contribution in [0.5, 0.6) is 0 Å². The Hall–Kier alpha value is -0.590. The van der Waals surface area contributed by atoms with Crippen molar-refractivity contribution in [3.8, 4) is 6.07 Å². The normalized spacial score (nSPS) is 20.2. The summed E-state index contributed by atoms with van der Waals surface area (Å²) in [5.74, 6) is 0. The summed E-state index contributed by atoms with van der Waals surface area (Å²) >= 11 is 0. The van der Waals surface area contributed by atoms with Crippen molar-refractivity contribution in [2.75, 3.05) is 26.7 Å². The predicted octanol–water partition coefficient (Wildman–Crippen LogP) is 0.867. The van der Waals surface area contributed by atoms with Crippen LogP contribution in [0.25, 0.3) is 0 Å². The molecule has 0 bridgehead atoms. The lowest BCUT2D eigenvalue weighted by Crippen LogP contribution is -2.54. The summed E-state index contributed by atoms with van der Waals surface area (Å²) < 4.78 is 5.14. The zero-order valence-electron chi connectivity index (χ0n) is 8.00. The Morgan fingerprint density at radius 3 is 2.58 bits per heavy atom. The Labute approximate surface area is 73.9 Å². The second kappa shape index (κ2) is 3.42. The topological polar surface area (TPSA) is 36.3 Å². The molecule has 0 saturated carbocycles. The van der Waals surface area contributed by atoms with Crippen LogP contribution in [0.2, 0.25) is 0 Å². The molecule has 0 aliphatic carbocycles. The van der Waals surface area contributed by atoms with Crippen LogP contribution in [-0.4, -0.2) is 37.7 Å². The third-order valence-electron chi connectivity index (χ3n) is 2.18. The lowest BCUT2D eigenvalue weighted by Gasteiger charge is -2.40. The highest BCUT2D eigenvalue weighted by Gasteiger charge is 2.31. The Morgan fingerprint density at radius 1 is 1.58 bits per heavy atom. The lowest BCUT2D eigenvalue weighted by atomic mass is 9.93. The van der Waals surface area contributed by atoms with Crippen LogP contribution in [0.3, 0.4) is 0 Å². The van der Waals surface area contributed by atoms with Gasteiger partial charge in [0, 0.05) is 26.7 Å². The van der Waals surface area contributed by atoms with Crippen LogP contribution in [0, 0.1) is 16.7 Å². The van der Waals surface area contributed by atoms with E-state index in [1.165, 1.54) is 0 Å². The van der Waals surface area contributed by atoms with Crippen LogP contribution in [0.1, 0.15) is 13.8 Å². The summed E-state index contributed by atoms with van der Waals surface area (Å²) in [6.07, 6.45) is 0.388. The summed E-state index contributed by atoms with van der Waals surface area (Å²) in [6.45, 7) is 6.73. The van der Waals surface area contributed by atoms with E-state index >= 15 is 0 Å². The van der Waals surface area contributed by atoms with Crippen molar-refractivity contribution < 1.29 is 4.74 Å². The summed E-state index contributed by atoms with van der Waals surface area (Å²) in [7, 11) is 1.73. The first-order valence-electron chi connectivity index (χ1n) is 4.24. The number of nitriles is 1. The van der Waals surface area contributed by atoms with Crippen LogP contribution in [0.15, 0.2) is 0 Å². The van der Waals surface area contributed by atoms with Gasteiger partial charge in [-0.15, -0.1) is 0 Å². The minimum Gasteiger partial charge on any atom is -0.379 e. The summed E-state index contributed by atoms with van der Waals surface area (Å²) in [6, 6.07) is 2.29. The number of likely N-dealkylation sites (tertiary alicyclic amines) is 1. The molecule has 68 valence electrons. The van der Waals surface area contributed by atoms with Gasteiger partial charge in [0.2, 0.25) is 0 Å². The van der Waals surface area contributed by atoms with Gasteiger partial charge in [0.25, 0.3) is 0 Å². The van der Waals surface area contributed by atoms with E-state index < -0.39 is 0 Å². The molecular formula is C9H16N2O. The van der Waals surface area contributed by atoms with Crippen LogP contribution in [-0.2, 0) is 4.74 Å². The molecule has 1 aliphatic heterocycles. The molecule has 0 aromatic rings. The van der Waals surface area contributed by atoms with E-state index in [4.69, 9.17) is 10.00 Å². The number of methoxy groups -OCH3 is 1. The molecule has 1 rings (SSSR count). The molecule has 0 spiro atoms. The van der Waals surface area contributed by atoms with E-state index in [1.54, 1.807) is 7.11 Å². The highest BCUT2D eigenvalue weighted by Crippen LogP contribution is 2.20. The van der Waals surface area contributed by atoms with E-state index in [-0.39, 0.29) is 5.41 Å². The maximum absolute atomic E-state index is 8.78. The third-order valence-corrected chi connectivity index (χ3v) is 2.18. The van der Waals surface area contributed by atoms with Gasteiger partial charge in [-0.3, -0.25) is 4.90 Å². The zero-order chi connectivity index (χ0) is 9.19. The van der Waals surface area contributed by atoms with Crippen molar-refractivity contribution in [2.24, 2.45) is 5.41 Å². The molecule has 0 amide bonds. The van der Waals surface area contributed by atoms with Gasteiger partial charge < -0.3 is 4.74 Å². The predicted molar refractivity (Wildman–Crippen MR) is 46.6 cm³/mol. The molecule has 0 aromatic carbocycles. The number of ether oxygens (including phenoxy) is 1. The first kappa shape index (κ1) is 9.50. The molecule has 0 N–H and O–H groups in total. The van der Waals surface area contributed by atoms with Gasteiger partial charge in [-0.2, -0.15) is 5.26 Å². The maximum atomic E-state index is 8.78. The van der Waals surface area contributed by atoms with Crippen LogP contribution in [0.4, 0.5) is 0 Å². The molecule has 3 heteroatoms. The third kappa shape index (κ3) is 2.20. The highest BCUT2D eigenvalue weighted by atomic mass is 16.5. The summed E-state index contributed by atoms with van der Waals surface area (Å²) in [5, 5.41) is 8.78. The first-order chi connectivity index (χ1) is 5.57. The summed E-state index contributed by atoms with van der Waals surface area (Å²) in [5.41, 5.74) is -0.224. The fourth-order valence-electron chi connectivity index (χ4n) is 1.40. The minimum atomic E-state index is -0.224. The molecule has 1 fully saturated rings. The molecule has 0 aromatic heterocycles. The average molecular weight is 168 g/mol. The van der Waals surface area contributed by atoms with E-state index in [9.17, 15) is 0 Å². The van der Waals surface area contributed by atoms with Crippen molar-refractivity contribution in [2.45, 2.75) is 20.0 Å². The SMILES string of the molecule is COC1CN(CC(C)(C)C#N)C1. The zero-order valence-corrected chi connectivity index (χ0v) is 8.00. The highest BCUT2D eigenvalue weighted by molar-refractivity contribution is 4.96. The lowest BCUT2D eigenvalue weighted by molar-refractivity contribution is -0.0385. The second-order valence-corrected chi connectivity index (χ2v) is 4.05. The Balaban J connectivity index is 2.24. The van der Waals surface area contributed by atoms with Crippen molar-refractivity contribution in [1.82, 2.24) is 4.90 Å². The van der Waals surface area contributed by atoms with E-state index in [1.807, 2.05) is 13.8 Å². The molecule has 1 saturated heterocycles. The van der Waals surface area contributed by atoms with Gasteiger partial charge in [0.05, 0.1) is 17.6 Å². The number of hydrogen-bond acceptors (Lipinski definition) is 3. The minimum absolute atomic E-state index is 0.224. The Bertz CT molecular complexity index is 189. The first-order valence-corrected chi connectivity index (χ1v) is 4.24. The van der Waals surface area contributed by atoms with Gasteiger partial charge >= 0.3 is 0 Å². The standard InChI is InChI=1S/C9H16N2O/c1-9(2,6-10)7-11-4-8(5-11)12-3/h8H,4-5,7H2,1-3H3. The molecule has 12 heavy (non-hydrogen) atoms.